The molecule has 2 aliphatic rings. The van der Waals surface area contributed by atoms with Crippen molar-refractivity contribution in [1.82, 2.24) is 15.4 Å². The quantitative estimate of drug-likeness (QED) is 0.882. The summed E-state index contributed by atoms with van der Waals surface area (Å²) in [6, 6.07) is 5.72. The van der Waals surface area contributed by atoms with Crippen LogP contribution in [-0.4, -0.2) is 35.6 Å². The zero-order valence-electron chi connectivity index (χ0n) is 13.7. The van der Waals surface area contributed by atoms with Crippen LogP contribution in [0.1, 0.15) is 66.1 Å². The Bertz CT molecular complexity index is 670. The molecule has 24 heavy (non-hydrogen) atoms. The zero-order valence-corrected chi connectivity index (χ0v) is 13.7. The van der Waals surface area contributed by atoms with Crippen molar-refractivity contribution in [2.75, 3.05) is 19.6 Å². The Hall–Kier alpha value is -2.08. The predicted octanol–water partition coefficient (Wildman–Crippen LogP) is 3.10. The molecule has 0 bridgehead atoms. The molecular formula is C18H23N3O3. The van der Waals surface area contributed by atoms with Gasteiger partial charge in [-0.1, -0.05) is 11.6 Å². The first-order valence-electron chi connectivity index (χ1n) is 8.83. The second-order valence-corrected chi connectivity index (χ2v) is 6.73. The maximum absolute atomic E-state index is 12.4. The Balaban J connectivity index is 1.41. The molecule has 4 rings (SSSR count). The fourth-order valence-corrected chi connectivity index (χ4v) is 3.36. The molecule has 1 N–H and O–H groups in total. The van der Waals surface area contributed by atoms with E-state index in [0.29, 0.717) is 18.2 Å². The van der Waals surface area contributed by atoms with Crippen LogP contribution in [0.25, 0.3) is 0 Å². The predicted molar refractivity (Wildman–Crippen MR) is 87.7 cm³/mol. The Morgan fingerprint density at radius 3 is 2.88 bits per heavy atom. The van der Waals surface area contributed by atoms with E-state index in [1.165, 1.54) is 19.3 Å². The minimum Gasteiger partial charge on any atom is -0.468 e. The SMILES string of the molecule is O=C(NC[C@H](c1ccco1)N1CCCCC1)c1cc(C2CC2)on1. The fourth-order valence-electron chi connectivity index (χ4n) is 3.36. The van der Waals surface area contributed by atoms with E-state index in [9.17, 15) is 4.79 Å². The summed E-state index contributed by atoms with van der Waals surface area (Å²) in [5.74, 6) is 2.01. The standard InChI is InChI=1S/C18H23N3O3/c22-18(14-11-17(24-20-14)13-6-7-13)19-12-15(16-5-4-10-23-16)21-8-2-1-3-9-21/h4-5,10-11,13,15H,1-3,6-9,12H2,(H,19,22)/t15-/m1/s1. The van der Waals surface area contributed by atoms with E-state index in [0.717, 1.165) is 37.5 Å². The Morgan fingerprint density at radius 2 is 2.17 bits per heavy atom. The highest BCUT2D eigenvalue weighted by atomic mass is 16.5. The first-order chi connectivity index (χ1) is 11.8. The van der Waals surface area contributed by atoms with Gasteiger partial charge in [0.1, 0.15) is 11.5 Å². The summed E-state index contributed by atoms with van der Waals surface area (Å²) in [5.41, 5.74) is 0.369. The topological polar surface area (TPSA) is 71.5 Å². The number of rotatable bonds is 6. The van der Waals surface area contributed by atoms with Crippen molar-refractivity contribution >= 4 is 5.91 Å². The minimum absolute atomic E-state index is 0.0686. The molecule has 1 aliphatic heterocycles. The average Bonchev–Trinajstić information content (AvgIpc) is 3.12. The largest absolute Gasteiger partial charge is 0.468 e. The molecule has 128 valence electrons. The van der Waals surface area contributed by atoms with Crippen LogP contribution < -0.4 is 5.32 Å². The van der Waals surface area contributed by atoms with Crippen molar-refractivity contribution in [3.8, 4) is 0 Å². The van der Waals surface area contributed by atoms with Gasteiger partial charge in [0.15, 0.2) is 5.69 Å². The highest BCUT2D eigenvalue weighted by Gasteiger charge is 2.29. The van der Waals surface area contributed by atoms with E-state index in [1.807, 2.05) is 12.1 Å². The number of amides is 1. The van der Waals surface area contributed by atoms with Gasteiger partial charge in [-0.15, -0.1) is 0 Å². The van der Waals surface area contributed by atoms with Gasteiger partial charge in [-0.2, -0.15) is 0 Å². The van der Waals surface area contributed by atoms with Gasteiger partial charge in [0, 0.05) is 18.5 Å². The number of piperidine rings is 1. The van der Waals surface area contributed by atoms with E-state index in [1.54, 1.807) is 12.3 Å². The van der Waals surface area contributed by atoms with Gasteiger partial charge in [0.05, 0.1) is 12.3 Å². The van der Waals surface area contributed by atoms with E-state index < -0.39 is 0 Å². The molecule has 6 heteroatoms. The smallest absolute Gasteiger partial charge is 0.273 e. The second kappa shape index (κ2) is 6.81. The molecule has 0 unspecified atom stereocenters. The number of nitrogens with one attached hydrogen (secondary N) is 1. The second-order valence-electron chi connectivity index (χ2n) is 6.73. The van der Waals surface area contributed by atoms with E-state index in [2.05, 4.69) is 15.4 Å². The van der Waals surface area contributed by atoms with Crippen molar-refractivity contribution in [1.29, 1.82) is 0 Å². The lowest BCUT2D eigenvalue weighted by atomic mass is 10.1. The highest BCUT2D eigenvalue weighted by Crippen LogP contribution is 2.40. The monoisotopic (exact) mass is 329 g/mol. The maximum Gasteiger partial charge on any atom is 0.273 e. The molecule has 0 radical (unpaired) electrons. The summed E-state index contributed by atoms with van der Waals surface area (Å²) in [6.07, 6.45) is 7.61. The summed E-state index contributed by atoms with van der Waals surface area (Å²) in [5, 5.41) is 6.90. The molecule has 1 atom stereocenters. The van der Waals surface area contributed by atoms with Gasteiger partial charge in [0.2, 0.25) is 0 Å². The third-order valence-corrected chi connectivity index (χ3v) is 4.90. The van der Waals surface area contributed by atoms with Gasteiger partial charge >= 0.3 is 0 Å². The summed E-state index contributed by atoms with van der Waals surface area (Å²) in [6.45, 7) is 2.59. The zero-order chi connectivity index (χ0) is 16.4. The summed E-state index contributed by atoms with van der Waals surface area (Å²) < 4.78 is 10.9. The molecule has 0 spiro atoms. The number of nitrogens with zero attached hydrogens (tertiary/aromatic N) is 2. The Labute approximate surface area is 141 Å². The van der Waals surface area contributed by atoms with Gasteiger partial charge in [-0.25, -0.2) is 0 Å². The molecule has 3 heterocycles. The Morgan fingerprint density at radius 1 is 1.33 bits per heavy atom. The van der Waals surface area contributed by atoms with E-state index in [-0.39, 0.29) is 11.9 Å². The number of aromatic nitrogens is 1. The van der Waals surface area contributed by atoms with Crippen LogP contribution in [0.2, 0.25) is 0 Å². The van der Waals surface area contributed by atoms with Crippen molar-refractivity contribution < 1.29 is 13.7 Å². The number of furan rings is 1. The van der Waals surface area contributed by atoms with Gasteiger partial charge < -0.3 is 14.3 Å². The van der Waals surface area contributed by atoms with Crippen LogP contribution in [0, 0.1) is 0 Å². The highest BCUT2D eigenvalue weighted by molar-refractivity contribution is 5.92. The van der Waals surface area contributed by atoms with Crippen LogP contribution in [-0.2, 0) is 0 Å². The van der Waals surface area contributed by atoms with Crippen molar-refractivity contribution in [2.24, 2.45) is 0 Å². The third kappa shape index (κ3) is 3.38. The molecule has 1 saturated heterocycles. The van der Waals surface area contributed by atoms with Gasteiger partial charge in [-0.3, -0.25) is 9.69 Å². The number of hydrogen-bond acceptors (Lipinski definition) is 5. The van der Waals surface area contributed by atoms with Crippen molar-refractivity contribution in [2.45, 2.75) is 44.1 Å². The fraction of sp³-hybridized carbons (Fsp3) is 0.556. The molecule has 1 amide bonds. The molecule has 1 saturated carbocycles. The molecule has 2 fully saturated rings. The number of likely N-dealkylation sites (tertiary alicyclic amines) is 1. The lowest BCUT2D eigenvalue weighted by Gasteiger charge is -2.33. The maximum atomic E-state index is 12.4. The normalized spacial score (nSPS) is 20.0. The lowest BCUT2D eigenvalue weighted by Crippen LogP contribution is -2.40. The molecular weight excluding hydrogens is 306 g/mol. The van der Waals surface area contributed by atoms with E-state index >= 15 is 0 Å². The minimum atomic E-state index is -0.181. The van der Waals surface area contributed by atoms with Crippen LogP contribution in [0.4, 0.5) is 0 Å². The number of carbonyl (C=O) groups is 1. The number of carbonyl (C=O) groups excluding carboxylic acids is 1. The van der Waals surface area contributed by atoms with Crippen LogP contribution in [0.15, 0.2) is 33.4 Å². The molecule has 2 aromatic rings. The first kappa shape index (κ1) is 15.4. The molecule has 2 aromatic heterocycles. The van der Waals surface area contributed by atoms with Gasteiger partial charge in [0.25, 0.3) is 5.91 Å². The van der Waals surface area contributed by atoms with Gasteiger partial charge in [-0.05, 0) is 50.9 Å². The molecule has 6 nitrogen and oxygen atoms in total. The summed E-state index contributed by atoms with van der Waals surface area (Å²) >= 11 is 0. The van der Waals surface area contributed by atoms with Crippen LogP contribution >= 0.6 is 0 Å². The number of hydrogen-bond donors (Lipinski definition) is 1. The average molecular weight is 329 g/mol. The van der Waals surface area contributed by atoms with Crippen molar-refractivity contribution in [3.05, 3.63) is 41.7 Å². The summed E-state index contributed by atoms with van der Waals surface area (Å²) in [4.78, 5) is 14.8. The van der Waals surface area contributed by atoms with Crippen molar-refractivity contribution in [3.63, 3.8) is 0 Å². The first-order valence-corrected chi connectivity index (χ1v) is 8.83. The Kier molecular flexibility index (Phi) is 4.38. The van der Waals surface area contributed by atoms with Crippen LogP contribution in [0.5, 0.6) is 0 Å². The lowest BCUT2D eigenvalue weighted by molar-refractivity contribution is 0.0905. The summed E-state index contributed by atoms with van der Waals surface area (Å²) in [7, 11) is 0. The van der Waals surface area contributed by atoms with Crippen LogP contribution in [0.3, 0.4) is 0 Å². The van der Waals surface area contributed by atoms with E-state index in [4.69, 9.17) is 8.94 Å². The molecule has 0 aromatic carbocycles. The third-order valence-electron chi connectivity index (χ3n) is 4.90. The molecule has 1 aliphatic carbocycles.